The van der Waals surface area contributed by atoms with Crippen LogP contribution in [0.5, 0.6) is 0 Å². The van der Waals surface area contributed by atoms with Crippen LogP contribution in [-0.4, -0.2) is 10.1 Å². The van der Waals surface area contributed by atoms with E-state index in [1.807, 2.05) is 0 Å². The molecule has 1 heterocycles. The summed E-state index contributed by atoms with van der Waals surface area (Å²) in [6.45, 7) is -0.264. The molecule has 2 nitrogen and oxygen atoms in total. The fourth-order valence-electron chi connectivity index (χ4n) is 0.777. The molecule has 0 bridgehead atoms. The SMILES string of the molecule is OCc1ncc(C(F)F)c(I)c1Br. The van der Waals surface area contributed by atoms with Crippen molar-refractivity contribution in [2.24, 2.45) is 0 Å². The Kier molecular flexibility index (Phi) is 3.99. The van der Waals surface area contributed by atoms with Crippen LogP contribution in [0, 0.1) is 3.57 Å². The Morgan fingerprint density at radius 1 is 1.62 bits per heavy atom. The summed E-state index contributed by atoms with van der Waals surface area (Å²) in [7, 11) is 0. The van der Waals surface area contributed by atoms with Gasteiger partial charge in [-0.3, -0.25) is 4.98 Å². The number of halogens is 4. The lowest BCUT2D eigenvalue weighted by Gasteiger charge is -2.07. The molecule has 0 aliphatic rings. The molecule has 0 aliphatic carbocycles. The third-order valence-electron chi connectivity index (χ3n) is 1.44. The van der Waals surface area contributed by atoms with Crippen molar-refractivity contribution < 1.29 is 13.9 Å². The van der Waals surface area contributed by atoms with Crippen molar-refractivity contribution in [2.75, 3.05) is 0 Å². The molecule has 6 heteroatoms. The van der Waals surface area contributed by atoms with E-state index in [4.69, 9.17) is 5.11 Å². The first-order valence-corrected chi connectivity index (χ1v) is 5.17. The number of hydrogen-bond donors (Lipinski definition) is 1. The molecule has 0 unspecified atom stereocenters. The maximum absolute atomic E-state index is 12.3. The quantitative estimate of drug-likeness (QED) is 0.819. The van der Waals surface area contributed by atoms with Gasteiger partial charge < -0.3 is 5.11 Å². The number of rotatable bonds is 2. The second kappa shape index (κ2) is 4.61. The summed E-state index contributed by atoms with van der Waals surface area (Å²) >= 11 is 4.89. The molecule has 13 heavy (non-hydrogen) atoms. The van der Waals surface area contributed by atoms with Crippen molar-refractivity contribution in [2.45, 2.75) is 13.0 Å². The zero-order chi connectivity index (χ0) is 10.0. The number of pyridine rings is 1. The van der Waals surface area contributed by atoms with Gasteiger partial charge in [-0.2, -0.15) is 0 Å². The van der Waals surface area contributed by atoms with Crippen LogP contribution in [0.1, 0.15) is 17.7 Å². The molecular weight excluding hydrogens is 359 g/mol. The topological polar surface area (TPSA) is 33.1 Å². The van der Waals surface area contributed by atoms with Gasteiger partial charge in [0.25, 0.3) is 6.43 Å². The van der Waals surface area contributed by atoms with Crippen LogP contribution in [0.15, 0.2) is 10.7 Å². The van der Waals surface area contributed by atoms with E-state index in [1.54, 1.807) is 22.6 Å². The second-order valence-electron chi connectivity index (χ2n) is 2.25. The number of nitrogens with zero attached hydrogens (tertiary/aromatic N) is 1. The lowest BCUT2D eigenvalue weighted by molar-refractivity contribution is 0.149. The predicted octanol–water partition coefficient (Wildman–Crippen LogP) is 2.88. The van der Waals surface area contributed by atoms with Crippen LogP contribution in [0.3, 0.4) is 0 Å². The minimum atomic E-state index is -2.54. The van der Waals surface area contributed by atoms with Crippen molar-refractivity contribution in [3.63, 3.8) is 0 Å². The fraction of sp³-hybridized carbons (Fsp3) is 0.286. The molecule has 1 aromatic rings. The summed E-state index contributed by atoms with van der Waals surface area (Å²) in [6.07, 6.45) is -1.45. The van der Waals surface area contributed by atoms with E-state index in [0.717, 1.165) is 6.20 Å². The Morgan fingerprint density at radius 2 is 2.23 bits per heavy atom. The largest absolute Gasteiger partial charge is 0.390 e. The first kappa shape index (κ1) is 11.3. The lowest BCUT2D eigenvalue weighted by Crippen LogP contribution is -1.98. The lowest BCUT2D eigenvalue weighted by atomic mass is 10.2. The van der Waals surface area contributed by atoms with E-state index >= 15 is 0 Å². The average Bonchev–Trinajstić information content (AvgIpc) is 2.09. The fourth-order valence-corrected chi connectivity index (χ4v) is 1.92. The molecule has 0 aliphatic heterocycles. The van der Waals surface area contributed by atoms with Crippen LogP contribution < -0.4 is 0 Å². The molecule has 1 rings (SSSR count). The van der Waals surface area contributed by atoms with Crippen LogP contribution in [0.2, 0.25) is 0 Å². The molecule has 1 N–H and O–H groups in total. The number of hydrogen-bond acceptors (Lipinski definition) is 2. The van der Waals surface area contributed by atoms with Crippen LogP contribution >= 0.6 is 38.5 Å². The minimum absolute atomic E-state index is 0.121. The van der Waals surface area contributed by atoms with Gasteiger partial charge in [0.15, 0.2) is 0 Å². The molecule has 0 spiro atoms. The molecule has 1 aromatic heterocycles. The number of alkyl halides is 2. The molecule has 0 atom stereocenters. The van der Waals surface area contributed by atoms with E-state index in [2.05, 4.69) is 20.9 Å². The summed E-state index contributed by atoms with van der Waals surface area (Å²) in [5, 5.41) is 8.79. The van der Waals surface area contributed by atoms with Gasteiger partial charge in [0.05, 0.1) is 22.3 Å². The van der Waals surface area contributed by atoms with Gasteiger partial charge in [-0.15, -0.1) is 0 Å². The Balaban J connectivity index is 3.23. The normalized spacial score (nSPS) is 10.9. The molecule has 0 radical (unpaired) electrons. The van der Waals surface area contributed by atoms with Crippen molar-refractivity contribution in [1.29, 1.82) is 0 Å². The maximum atomic E-state index is 12.3. The Morgan fingerprint density at radius 3 is 2.69 bits per heavy atom. The van der Waals surface area contributed by atoms with E-state index in [9.17, 15) is 8.78 Å². The minimum Gasteiger partial charge on any atom is -0.390 e. The summed E-state index contributed by atoms with van der Waals surface area (Å²) < 4.78 is 25.5. The van der Waals surface area contributed by atoms with E-state index < -0.39 is 6.43 Å². The standard InChI is InChI=1S/C7H5BrF2INO/c8-5-4(2-13)12-1-3(6(5)11)7(9)10/h1,7,13H,2H2. The highest BCUT2D eigenvalue weighted by Gasteiger charge is 2.16. The van der Waals surface area contributed by atoms with Crippen LogP contribution in [-0.2, 0) is 6.61 Å². The zero-order valence-electron chi connectivity index (χ0n) is 6.27. The van der Waals surface area contributed by atoms with Crippen LogP contribution in [0.25, 0.3) is 0 Å². The third-order valence-corrected chi connectivity index (χ3v) is 4.20. The first-order chi connectivity index (χ1) is 6.07. The maximum Gasteiger partial charge on any atom is 0.266 e. The second-order valence-corrected chi connectivity index (χ2v) is 4.12. The molecule has 0 saturated carbocycles. The Bertz CT molecular complexity index is 322. The summed E-state index contributed by atoms with van der Waals surface area (Å²) in [5.41, 5.74) is 0.249. The highest BCUT2D eigenvalue weighted by Crippen LogP contribution is 2.30. The molecule has 72 valence electrons. The van der Waals surface area contributed by atoms with E-state index in [-0.39, 0.29) is 12.2 Å². The number of aromatic nitrogens is 1. The molecule has 0 amide bonds. The van der Waals surface area contributed by atoms with Crippen LogP contribution in [0.4, 0.5) is 8.78 Å². The van der Waals surface area contributed by atoms with Gasteiger partial charge in [-0.05, 0) is 38.5 Å². The zero-order valence-corrected chi connectivity index (χ0v) is 10.0. The van der Waals surface area contributed by atoms with Crippen molar-refractivity contribution in [3.8, 4) is 0 Å². The molecular formula is C7H5BrF2INO. The summed E-state index contributed by atoms with van der Waals surface area (Å²) in [5.74, 6) is 0. The van der Waals surface area contributed by atoms with Gasteiger partial charge in [-0.1, -0.05) is 0 Å². The monoisotopic (exact) mass is 363 g/mol. The summed E-state index contributed by atoms with van der Waals surface area (Å²) in [6, 6.07) is 0. The molecule has 0 fully saturated rings. The van der Waals surface area contributed by atoms with E-state index in [1.165, 1.54) is 0 Å². The van der Waals surface area contributed by atoms with Gasteiger partial charge in [0.2, 0.25) is 0 Å². The van der Waals surface area contributed by atoms with Gasteiger partial charge in [0, 0.05) is 9.77 Å². The van der Waals surface area contributed by atoms with Crippen molar-refractivity contribution >= 4 is 38.5 Å². The van der Waals surface area contributed by atoms with Gasteiger partial charge in [-0.25, -0.2) is 8.78 Å². The van der Waals surface area contributed by atoms with Gasteiger partial charge in [0.1, 0.15) is 0 Å². The highest BCUT2D eigenvalue weighted by atomic mass is 127. The third kappa shape index (κ3) is 2.35. The number of aliphatic hydroxyl groups excluding tert-OH is 1. The number of aliphatic hydroxyl groups is 1. The predicted molar refractivity (Wildman–Crippen MR) is 55.5 cm³/mol. The first-order valence-electron chi connectivity index (χ1n) is 3.29. The average molecular weight is 364 g/mol. The highest BCUT2D eigenvalue weighted by molar-refractivity contribution is 14.1. The van der Waals surface area contributed by atoms with Gasteiger partial charge >= 0.3 is 0 Å². The van der Waals surface area contributed by atoms with E-state index in [0.29, 0.717) is 13.7 Å². The Labute approximate surface area is 95.6 Å². The summed E-state index contributed by atoms with van der Waals surface area (Å²) in [4.78, 5) is 3.70. The van der Waals surface area contributed by atoms with Crippen molar-refractivity contribution in [3.05, 3.63) is 25.5 Å². The smallest absolute Gasteiger partial charge is 0.266 e. The Hall–Kier alpha value is 0.180. The van der Waals surface area contributed by atoms with Crippen molar-refractivity contribution in [1.82, 2.24) is 4.98 Å². The molecule has 0 saturated heterocycles. The molecule has 0 aromatic carbocycles.